The monoisotopic (exact) mass is 669 g/mol. The molecule has 252 valence electrons. The molecule has 0 saturated heterocycles. The number of rotatable bonds is 4. The molecule has 0 spiro atoms. The van der Waals surface area contributed by atoms with Gasteiger partial charge in [-0.1, -0.05) is 169 Å². The molecule has 0 N–H and O–H groups in total. The molecule has 0 atom stereocenters. The zero-order valence-corrected chi connectivity index (χ0v) is 30.9. The van der Waals surface area contributed by atoms with Gasteiger partial charge in [0.15, 0.2) is 0 Å². The van der Waals surface area contributed by atoms with Crippen molar-refractivity contribution in [2.45, 2.75) is 57.8 Å². The Morgan fingerprint density at radius 3 is 1.48 bits per heavy atom. The van der Waals surface area contributed by atoms with E-state index in [2.05, 4.69) is 198 Å². The molecule has 1 heteroatoms. The molecular formula is C51H43N. The highest BCUT2D eigenvalue weighted by Crippen LogP contribution is 2.58. The van der Waals surface area contributed by atoms with E-state index in [1.165, 1.54) is 95.0 Å². The molecule has 0 radical (unpaired) electrons. The number of nitrogens with zero attached hydrogens (tertiary/aromatic N) is 1. The van der Waals surface area contributed by atoms with E-state index >= 15 is 0 Å². The minimum absolute atomic E-state index is 0.106. The Labute approximate surface area is 308 Å². The average molecular weight is 670 g/mol. The van der Waals surface area contributed by atoms with Crippen LogP contribution in [0.2, 0.25) is 0 Å². The van der Waals surface area contributed by atoms with Gasteiger partial charge in [-0.05, 0) is 91.0 Å². The molecule has 0 aliphatic heterocycles. The summed E-state index contributed by atoms with van der Waals surface area (Å²) < 4.78 is 0. The van der Waals surface area contributed by atoms with Crippen LogP contribution in [-0.2, 0) is 16.2 Å². The molecule has 0 heterocycles. The van der Waals surface area contributed by atoms with Crippen LogP contribution in [0.15, 0.2) is 152 Å². The summed E-state index contributed by atoms with van der Waals surface area (Å²) in [6.45, 7) is 14.3. The summed E-state index contributed by atoms with van der Waals surface area (Å²) in [6.07, 6.45) is 0. The standard InChI is InChI=1S/C51H43N/c1-49(2)42-25-13-9-20-39(42)47-43(49)26-16-28-46(47)52(32-29-30-35-33-17-7-11-23-40(33)50(3,4)44(35)31-32)45-27-14-10-19-36(45)38-22-15-21-37-34-18-8-12-24-41(34)51(5,6)48(37)38/h7-31H,1-6H3. The molecule has 0 unspecified atom stereocenters. The minimum atomic E-state index is -0.138. The van der Waals surface area contributed by atoms with Crippen LogP contribution < -0.4 is 4.90 Å². The topological polar surface area (TPSA) is 3.24 Å². The van der Waals surface area contributed by atoms with Crippen LogP contribution in [0, 0.1) is 0 Å². The number of benzene rings is 7. The Kier molecular flexibility index (Phi) is 6.39. The van der Waals surface area contributed by atoms with Gasteiger partial charge in [0, 0.05) is 33.1 Å². The highest BCUT2D eigenvalue weighted by atomic mass is 15.1. The Morgan fingerprint density at radius 2 is 0.769 bits per heavy atom. The van der Waals surface area contributed by atoms with Crippen LogP contribution in [-0.4, -0.2) is 0 Å². The lowest BCUT2D eigenvalue weighted by molar-refractivity contribution is 0.660. The van der Waals surface area contributed by atoms with E-state index in [0.717, 1.165) is 0 Å². The van der Waals surface area contributed by atoms with Crippen LogP contribution in [0.5, 0.6) is 0 Å². The van der Waals surface area contributed by atoms with E-state index < -0.39 is 0 Å². The van der Waals surface area contributed by atoms with Crippen LogP contribution in [0.4, 0.5) is 17.1 Å². The third kappa shape index (κ3) is 4.05. The second-order valence-corrected chi connectivity index (χ2v) is 16.5. The van der Waals surface area contributed by atoms with Crippen LogP contribution in [0.1, 0.15) is 74.9 Å². The first kappa shape index (κ1) is 31.1. The summed E-state index contributed by atoms with van der Waals surface area (Å²) in [7, 11) is 0. The normalized spacial score (nSPS) is 16.0. The predicted molar refractivity (Wildman–Crippen MR) is 219 cm³/mol. The molecule has 3 aliphatic rings. The quantitative estimate of drug-likeness (QED) is 0.180. The maximum atomic E-state index is 2.57. The molecule has 0 fully saturated rings. The van der Waals surface area contributed by atoms with Crippen molar-refractivity contribution in [2.75, 3.05) is 4.90 Å². The van der Waals surface area contributed by atoms with Crippen molar-refractivity contribution in [3.63, 3.8) is 0 Å². The molecule has 52 heavy (non-hydrogen) atoms. The number of anilines is 3. The fourth-order valence-corrected chi connectivity index (χ4v) is 10.1. The molecule has 3 aliphatic carbocycles. The maximum Gasteiger partial charge on any atom is 0.0543 e. The Bertz CT molecular complexity index is 2610. The van der Waals surface area contributed by atoms with Gasteiger partial charge in [-0.15, -0.1) is 0 Å². The van der Waals surface area contributed by atoms with Gasteiger partial charge in [-0.3, -0.25) is 0 Å². The van der Waals surface area contributed by atoms with Crippen molar-refractivity contribution in [1.82, 2.24) is 0 Å². The highest BCUT2D eigenvalue weighted by Gasteiger charge is 2.41. The zero-order valence-electron chi connectivity index (χ0n) is 30.9. The molecule has 0 bridgehead atoms. The summed E-state index contributed by atoms with van der Waals surface area (Å²) >= 11 is 0. The zero-order chi connectivity index (χ0) is 35.6. The lowest BCUT2D eigenvalue weighted by Crippen LogP contribution is -2.19. The van der Waals surface area contributed by atoms with E-state index in [9.17, 15) is 0 Å². The van der Waals surface area contributed by atoms with E-state index in [4.69, 9.17) is 0 Å². The maximum absolute atomic E-state index is 2.57. The largest absolute Gasteiger partial charge is 0.309 e. The van der Waals surface area contributed by atoms with Gasteiger partial charge in [0.25, 0.3) is 0 Å². The van der Waals surface area contributed by atoms with Crippen molar-refractivity contribution in [3.05, 3.63) is 185 Å². The summed E-state index contributed by atoms with van der Waals surface area (Å²) in [5, 5.41) is 0. The van der Waals surface area contributed by atoms with Crippen molar-refractivity contribution in [2.24, 2.45) is 0 Å². The molecule has 1 nitrogen and oxygen atoms in total. The summed E-state index contributed by atoms with van der Waals surface area (Å²) in [6, 6.07) is 57.1. The van der Waals surface area contributed by atoms with Gasteiger partial charge in [0.05, 0.1) is 11.4 Å². The first-order valence-electron chi connectivity index (χ1n) is 18.7. The SMILES string of the molecule is CC1(C)c2ccccc2-c2ccc(N(c3ccccc3-c3cccc4c3C(C)(C)c3ccccc3-4)c3cccc4c3-c3ccccc3C4(C)C)cc21. The number of fused-ring (bicyclic) bond motifs is 9. The Balaban J connectivity index is 1.26. The molecule has 7 aromatic carbocycles. The van der Waals surface area contributed by atoms with E-state index in [-0.39, 0.29) is 16.2 Å². The molecule has 0 saturated carbocycles. The third-order valence-corrected chi connectivity index (χ3v) is 12.7. The van der Waals surface area contributed by atoms with Gasteiger partial charge < -0.3 is 4.90 Å². The van der Waals surface area contributed by atoms with Gasteiger partial charge in [0.2, 0.25) is 0 Å². The van der Waals surface area contributed by atoms with Crippen molar-refractivity contribution >= 4 is 17.1 Å². The summed E-state index contributed by atoms with van der Waals surface area (Å²) in [5.74, 6) is 0. The van der Waals surface area contributed by atoms with E-state index in [1.807, 2.05) is 0 Å². The highest BCUT2D eigenvalue weighted by molar-refractivity contribution is 6.00. The summed E-state index contributed by atoms with van der Waals surface area (Å²) in [4.78, 5) is 2.57. The molecular weight excluding hydrogens is 627 g/mol. The summed E-state index contributed by atoms with van der Waals surface area (Å²) in [5.41, 5.74) is 22.1. The first-order valence-corrected chi connectivity index (χ1v) is 18.7. The smallest absolute Gasteiger partial charge is 0.0543 e. The van der Waals surface area contributed by atoms with Gasteiger partial charge in [-0.25, -0.2) is 0 Å². The lowest BCUT2D eigenvalue weighted by Gasteiger charge is -2.33. The first-order chi connectivity index (χ1) is 25.1. The molecule has 10 rings (SSSR count). The third-order valence-electron chi connectivity index (χ3n) is 12.7. The van der Waals surface area contributed by atoms with E-state index in [0.29, 0.717) is 0 Å². The van der Waals surface area contributed by atoms with Crippen molar-refractivity contribution < 1.29 is 0 Å². The van der Waals surface area contributed by atoms with Crippen molar-refractivity contribution in [3.8, 4) is 44.5 Å². The van der Waals surface area contributed by atoms with Gasteiger partial charge >= 0.3 is 0 Å². The van der Waals surface area contributed by atoms with Crippen LogP contribution in [0.25, 0.3) is 44.5 Å². The molecule has 0 amide bonds. The Morgan fingerprint density at radius 1 is 0.327 bits per heavy atom. The van der Waals surface area contributed by atoms with E-state index in [1.54, 1.807) is 0 Å². The minimum Gasteiger partial charge on any atom is -0.309 e. The number of para-hydroxylation sites is 1. The lowest BCUT2D eigenvalue weighted by atomic mass is 9.78. The molecule has 0 aromatic heterocycles. The van der Waals surface area contributed by atoms with Crippen molar-refractivity contribution in [1.29, 1.82) is 0 Å². The average Bonchev–Trinajstić information content (AvgIpc) is 3.65. The fraction of sp³-hybridized carbons (Fsp3) is 0.176. The van der Waals surface area contributed by atoms with Crippen LogP contribution in [0.3, 0.4) is 0 Å². The number of hydrogen-bond acceptors (Lipinski definition) is 1. The van der Waals surface area contributed by atoms with Gasteiger partial charge in [0.1, 0.15) is 0 Å². The predicted octanol–water partition coefficient (Wildman–Crippen LogP) is 13.7. The fourth-order valence-electron chi connectivity index (χ4n) is 10.1. The second-order valence-electron chi connectivity index (χ2n) is 16.5. The Hall–Kier alpha value is -5.66. The van der Waals surface area contributed by atoms with Crippen LogP contribution >= 0.6 is 0 Å². The number of hydrogen-bond donors (Lipinski definition) is 0. The second kappa shape index (κ2) is 10.7. The van der Waals surface area contributed by atoms with Gasteiger partial charge in [-0.2, -0.15) is 0 Å². The molecule has 7 aromatic rings.